The third-order valence-corrected chi connectivity index (χ3v) is 6.83. The maximum absolute atomic E-state index is 13.1. The first kappa shape index (κ1) is 27.3. The molecule has 202 valence electrons. The number of fused-ring (bicyclic) bond motifs is 1. The van der Waals surface area contributed by atoms with E-state index in [9.17, 15) is 9.59 Å². The van der Waals surface area contributed by atoms with Crippen LogP contribution in [0.1, 0.15) is 49.4 Å². The lowest BCUT2D eigenvalue weighted by atomic mass is 9.81. The summed E-state index contributed by atoms with van der Waals surface area (Å²) in [5.41, 5.74) is 1.77. The zero-order valence-electron chi connectivity index (χ0n) is 21.7. The third-order valence-electron chi connectivity index (χ3n) is 6.83. The second kappa shape index (κ2) is 13.2. The van der Waals surface area contributed by atoms with Crippen LogP contribution in [0.3, 0.4) is 0 Å². The Morgan fingerprint density at radius 2 is 1.89 bits per heavy atom. The number of aliphatic hydroxyl groups is 1. The van der Waals surface area contributed by atoms with E-state index in [0.717, 1.165) is 29.3 Å². The average Bonchev–Trinajstić information content (AvgIpc) is 3.65. The summed E-state index contributed by atoms with van der Waals surface area (Å²) >= 11 is 0. The maximum atomic E-state index is 13.1. The maximum Gasteiger partial charge on any atom is 0.286 e. The number of rotatable bonds is 14. The van der Waals surface area contributed by atoms with Crippen LogP contribution in [0.2, 0.25) is 0 Å². The van der Waals surface area contributed by atoms with Crippen LogP contribution >= 0.6 is 0 Å². The van der Waals surface area contributed by atoms with E-state index in [-0.39, 0.29) is 42.6 Å². The summed E-state index contributed by atoms with van der Waals surface area (Å²) in [5.74, 6) is 0.0959. The zero-order valence-corrected chi connectivity index (χ0v) is 21.7. The molecule has 1 aliphatic carbocycles. The van der Waals surface area contributed by atoms with Crippen molar-refractivity contribution in [2.75, 3.05) is 46.2 Å². The van der Waals surface area contributed by atoms with Crippen LogP contribution in [0.5, 0.6) is 0 Å². The van der Waals surface area contributed by atoms with Crippen molar-refractivity contribution in [1.82, 2.24) is 9.88 Å². The fraction of sp³-hybridized carbons (Fsp3) is 0.571. The Labute approximate surface area is 217 Å². The number of amides is 1. The number of aliphatic hydroxyl groups excluding tert-OH is 1. The Balaban J connectivity index is 1.62. The molecule has 2 aromatic rings. The lowest BCUT2D eigenvalue weighted by molar-refractivity contribution is -0.168. The highest BCUT2D eigenvalue weighted by molar-refractivity contribution is 5.95. The van der Waals surface area contributed by atoms with Crippen molar-refractivity contribution in [3.63, 3.8) is 0 Å². The van der Waals surface area contributed by atoms with Gasteiger partial charge in [-0.2, -0.15) is 0 Å². The van der Waals surface area contributed by atoms with Crippen LogP contribution in [0.4, 0.5) is 0 Å². The Hall–Kier alpha value is -2.72. The summed E-state index contributed by atoms with van der Waals surface area (Å²) in [6, 6.07) is 7.79. The van der Waals surface area contributed by atoms with Gasteiger partial charge in [-0.15, -0.1) is 0 Å². The summed E-state index contributed by atoms with van der Waals surface area (Å²) in [5, 5.41) is 12.8. The van der Waals surface area contributed by atoms with Crippen LogP contribution in [-0.2, 0) is 23.7 Å². The molecule has 1 fully saturated rings. The second-order valence-electron chi connectivity index (χ2n) is 9.54. The van der Waals surface area contributed by atoms with E-state index in [1.807, 2.05) is 43.5 Å². The first-order valence-corrected chi connectivity index (χ1v) is 13.2. The van der Waals surface area contributed by atoms with Gasteiger partial charge in [0.05, 0.1) is 31.9 Å². The molecule has 1 saturated carbocycles. The Morgan fingerprint density at radius 3 is 2.59 bits per heavy atom. The van der Waals surface area contributed by atoms with E-state index in [0.29, 0.717) is 45.3 Å². The quantitative estimate of drug-likeness (QED) is 0.373. The van der Waals surface area contributed by atoms with Crippen LogP contribution < -0.4 is 5.32 Å². The summed E-state index contributed by atoms with van der Waals surface area (Å²) < 4.78 is 24.9. The number of para-hydroxylation sites is 1. The molecule has 9 nitrogen and oxygen atoms in total. The highest BCUT2D eigenvalue weighted by Crippen LogP contribution is 2.42. The van der Waals surface area contributed by atoms with Gasteiger partial charge in [-0.1, -0.05) is 18.2 Å². The number of benzene rings is 1. The third kappa shape index (κ3) is 6.98. The Bertz CT molecular complexity index is 1090. The lowest BCUT2D eigenvalue weighted by Gasteiger charge is -2.36. The molecule has 0 spiro atoms. The molecule has 2 heterocycles. The number of allylic oxidation sites excluding steroid dienone is 1. The molecule has 3 atom stereocenters. The first-order chi connectivity index (χ1) is 18.0. The predicted molar refractivity (Wildman–Crippen MR) is 138 cm³/mol. The molecule has 1 amide bonds. The van der Waals surface area contributed by atoms with Crippen molar-refractivity contribution >= 4 is 22.7 Å². The predicted octanol–water partition coefficient (Wildman–Crippen LogP) is 3.22. The molecular formula is C28H38N2O7. The number of nitrogens with zero attached hydrogens (tertiary/aromatic N) is 1. The van der Waals surface area contributed by atoms with E-state index in [1.165, 1.54) is 0 Å². The molecular weight excluding hydrogens is 476 g/mol. The van der Waals surface area contributed by atoms with Gasteiger partial charge < -0.3 is 29.4 Å². The van der Waals surface area contributed by atoms with Gasteiger partial charge in [0.25, 0.3) is 5.91 Å². The van der Waals surface area contributed by atoms with Crippen LogP contribution in [0.25, 0.3) is 10.9 Å². The molecule has 0 bridgehead atoms. The summed E-state index contributed by atoms with van der Waals surface area (Å²) in [7, 11) is 0. The normalized spacial score (nSPS) is 21.5. The molecule has 4 rings (SSSR count). The molecule has 0 saturated heterocycles. The van der Waals surface area contributed by atoms with Crippen molar-refractivity contribution in [3.05, 3.63) is 47.9 Å². The minimum absolute atomic E-state index is 0.0199. The van der Waals surface area contributed by atoms with Crippen molar-refractivity contribution in [2.45, 2.75) is 45.3 Å². The second-order valence-corrected chi connectivity index (χ2v) is 9.54. The number of carbonyl (C=O) groups is 2. The molecule has 37 heavy (non-hydrogen) atoms. The topological polar surface area (TPSA) is 108 Å². The number of hydrogen-bond acceptors (Lipinski definition) is 7. The zero-order chi connectivity index (χ0) is 26.2. The van der Waals surface area contributed by atoms with Crippen molar-refractivity contribution in [3.8, 4) is 0 Å². The fourth-order valence-electron chi connectivity index (χ4n) is 4.78. The summed E-state index contributed by atoms with van der Waals surface area (Å²) in [6.45, 7) is 6.02. The number of nitrogens with one attached hydrogen (secondary N) is 1. The molecule has 2 N–H and O–H groups in total. The number of ether oxygens (including phenoxy) is 4. The number of carbonyl (C=O) groups excluding carboxylic acids is 2. The number of aromatic nitrogens is 1. The fourth-order valence-corrected chi connectivity index (χ4v) is 4.78. The van der Waals surface area contributed by atoms with E-state index in [4.69, 9.17) is 24.1 Å². The van der Waals surface area contributed by atoms with E-state index < -0.39 is 6.29 Å². The number of hydrogen-bond donors (Lipinski definition) is 2. The van der Waals surface area contributed by atoms with Gasteiger partial charge in [0.2, 0.25) is 12.2 Å². The average molecular weight is 515 g/mol. The molecule has 1 aromatic carbocycles. The minimum atomic E-state index is -0.643. The molecule has 1 aliphatic heterocycles. The molecule has 9 heteroatoms. The van der Waals surface area contributed by atoms with E-state index in [2.05, 4.69) is 5.32 Å². The van der Waals surface area contributed by atoms with Gasteiger partial charge in [0.15, 0.2) is 5.76 Å². The van der Waals surface area contributed by atoms with Gasteiger partial charge in [-0.25, -0.2) is 0 Å². The van der Waals surface area contributed by atoms with E-state index in [1.54, 1.807) is 11.5 Å². The van der Waals surface area contributed by atoms with Crippen molar-refractivity contribution < 1.29 is 33.6 Å². The standard InChI is InChI=1S/C28H38N2O7/c1-3-36-28-22(10-12-34-14-15-35-13-11-31)23(16-26(37-28)27(33)29-17-20-8-9-20)24-18-30(19(2)32)25-7-5-4-6-21(24)25/h4-7,16,18,20,22-23,28,31H,3,8-15,17H2,1-2H3,(H,29,33)/t22-,23+,28-/m0/s1. The molecule has 1 aromatic heterocycles. The molecule has 0 radical (unpaired) electrons. The largest absolute Gasteiger partial charge is 0.459 e. The summed E-state index contributed by atoms with van der Waals surface area (Å²) in [6.07, 6.45) is 6.00. The van der Waals surface area contributed by atoms with Gasteiger partial charge in [-0.05, 0) is 49.8 Å². The minimum Gasteiger partial charge on any atom is -0.459 e. The van der Waals surface area contributed by atoms with Gasteiger partial charge >= 0.3 is 0 Å². The van der Waals surface area contributed by atoms with Gasteiger partial charge in [-0.3, -0.25) is 14.2 Å². The Morgan fingerprint density at radius 1 is 1.14 bits per heavy atom. The smallest absolute Gasteiger partial charge is 0.286 e. The van der Waals surface area contributed by atoms with Crippen LogP contribution in [-0.4, -0.2) is 74.0 Å². The van der Waals surface area contributed by atoms with Gasteiger partial charge in [0.1, 0.15) is 0 Å². The van der Waals surface area contributed by atoms with Crippen LogP contribution in [0, 0.1) is 11.8 Å². The monoisotopic (exact) mass is 514 g/mol. The molecule has 2 aliphatic rings. The Kier molecular flexibility index (Phi) is 9.74. The van der Waals surface area contributed by atoms with Gasteiger partial charge in [0, 0.05) is 50.1 Å². The summed E-state index contributed by atoms with van der Waals surface area (Å²) in [4.78, 5) is 25.5. The van der Waals surface area contributed by atoms with Crippen LogP contribution in [0.15, 0.2) is 42.3 Å². The molecule has 0 unspecified atom stereocenters. The highest BCUT2D eigenvalue weighted by Gasteiger charge is 2.39. The SMILES string of the molecule is CCO[C@H]1OC(C(=O)NCC2CC2)=C[C@@H](c2cn(C(C)=O)c3ccccc23)[C@@H]1CCOCCOCCO. The van der Waals surface area contributed by atoms with E-state index >= 15 is 0 Å². The first-order valence-electron chi connectivity index (χ1n) is 13.2. The lowest BCUT2D eigenvalue weighted by Crippen LogP contribution is -2.39. The van der Waals surface area contributed by atoms with Crippen molar-refractivity contribution in [2.24, 2.45) is 11.8 Å². The highest BCUT2D eigenvalue weighted by atomic mass is 16.7. The van der Waals surface area contributed by atoms with Crippen molar-refractivity contribution in [1.29, 1.82) is 0 Å².